The summed E-state index contributed by atoms with van der Waals surface area (Å²) in [4.78, 5) is 28.5. The predicted octanol–water partition coefficient (Wildman–Crippen LogP) is 3.95. The Kier molecular flexibility index (Phi) is 5.80. The summed E-state index contributed by atoms with van der Waals surface area (Å²) in [5.74, 6) is 0.626. The van der Waals surface area contributed by atoms with E-state index in [1.165, 1.54) is 23.1 Å². The lowest BCUT2D eigenvalue weighted by atomic mass is 10.3. The Bertz CT molecular complexity index is 956. The number of rotatable bonds is 6. The van der Waals surface area contributed by atoms with E-state index in [1.54, 1.807) is 38.1 Å². The van der Waals surface area contributed by atoms with Crippen molar-refractivity contribution in [3.05, 3.63) is 35.0 Å². The average molecular weight is 411 g/mol. The number of halogens is 1. The average Bonchev–Trinajstić information content (AvgIpc) is 3.17. The summed E-state index contributed by atoms with van der Waals surface area (Å²) in [6.07, 6.45) is 0. The molecule has 0 aliphatic rings. The van der Waals surface area contributed by atoms with Gasteiger partial charge in [0.25, 0.3) is 0 Å². The van der Waals surface area contributed by atoms with Crippen LogP contribution in [0.15, 0.2) is 28.8 Å². The lowest BCUT2D eigenvalue weighted by molar-refractivity contribution is -0.115. The quantitative estimate of drug-likeness (QED) is 0.638. The number of hydrogen-bond donors (Lipinski definition) is 2. The lowest BCUT2D eigenvalue weighted by Crippen LogP contribution is -2.25. The van der Waals surface area contributed by atoms with Crippen LogP contribution in [-0.4, -0.2) is 33.0 Å². The van der Waals surface area contributed by atoms with Crippen LogP contribution >= 0.6 is 34.7 Å². The van der Waals surface area contributed by atoms with Gasteiger partial charge in [-0.05, 0) is 32.0 Å². The van der Waals surface area contributed by atoms with Crippen molar-refractivity contribution in [3.8, 4) is 0 Å². The standard InChI is InChI=1S/C16H15ClN4O3S2/c1-8-5-13(21-24-8)19-15(23)9(2)25-7-14(22)20-16-18-11-4-3-10(17)6-12(11)26-16/h3-6,9H,7H2,1-2H3,(H,18,20,22)(H,19,21,23)/t9-/m1/s1. The number of nitrogens with zero attached hydrogens (tertiary/aromatic N) is 2. The van der Waals surface area contributed by atoms with Crippen LogP contribution in [0.2, 0.25) is 5.02 Å². The molecule has 0 aliphatic carbocycles. The third-order valence-corrected chi connectivity index (χ3v) is 5.62. The Morgan fingerprint density at radius 2 is 2.15 bits per heavy atom. The number of anilines is 2. The number of thiazole rings is 1. The number of carbonyl (C=O) groups excluding carboxylic acids is 2. The fraction of sp³-hybridized carbons (Fsp3) is 0.250. The molecular weight excluding hydrogens is 396 g/mol. The smallest absolute Gasteiger partial charge is 0.238 e. The number of hydrogen-bond acceptors (Lipinski definition) is 7. The maximum Gasteiger partial charge on any atom is 0.238 e. The van der Waals surface area contributed by atoms with Gasteiger partial charge in [-0.2, -0.15) is 0 Å². The molecule has 2 heterocycles. The van der Waals surface area contributed by atoms with Crippen LogP contribution in [0.5, 0.6) is 0 Å². The zero-order valence-corrected chi connectivity index (χ0v) is 16.3. The molecule has 7 nitrogen and oxygen atoms in total. The van der Waals surface area contributed by atoms with E-state index in [-0.39, 0.29) is 17.6 Å². The Morgan fingerprint density at radius 3 is 2.88 bits per heavy atom. The van der Waals surface area contributed by atoms with Gasteiger partial charge in [-0.15, -0.1) is 11.8 Å². The number of amides is 2. The van der Waals surface area contributed by atoms with E-state index in [9.17, 15) is 9.59 Å². The van der Waals surface area contributed by atoms with Crippen molar-refractivity contribution in [2.24, 2.45) is 0 Å². The van der Waals surface area contributed by atoms with Gasteiger partial charge in [0.15, 0.2) is 10.9 Å². The molecule has 0 fully saturated rings. The third kappa shape index (κ3) is 4.75. The van der Waals surface area contributed by atoms with E-state index < -0.39 is 5.25 Å². The number of benzene rings is 1. The second kappa shape index (κ2) is 8.07. The molecule has 0 unspecified atom stereocenters. The van der Waals surface area contributed by atoms with E-state index in [2.05, 4.69) is 20.8 Å². The number of aryl methyl sites for hydroxylation is 1. The van der Waals surface area contributed by atoms with Crippen LogP contribution in [0, 0.1) is 6.92 Å². The fourth-order valence-electron chi connectivity index (χ4n) is 2.04. The topological polar surface area (TPSA) is 97.1 Å². The molecule has 2 amide bonds. The summed E-state index contributed by atoms with van der Waals surface area (Å²) in [5, 5.41) is 9.79. The maximum atomic E-state index is 12.1. The van der Waals surface area contributed by atoms with Gasteiger partial charge in [-0.3, -0.25) is 9.59 Å². The number of aromatic nitrogens is 2. The van der Waals surface area contributed by atoms with Crippen molar-refractivity contribution >= 4 is 67.7 Å². The van der Waals surface area contributed by atoms with Crippen LogP contribution in [0.1, 0.15) is 12.7 Å². The first kappa shape index (κ1) is 18.7. The fourth-order valence-corrected chi connectivity index (χ4v) is 3.88. The summed E-state index contributed by atoms with van der Waals surface area (Å²) in [7, 11) is 0. The minimum Gasteiger partial charge on any atom is -0.360 e. The molecule has 0 aliphatic heterocycles. The molecule has 0 saturated heterocycles. The SMILES string of the molecule is Cc1cc(NC(=O)[C@@H](C)SCC(=O)Nc2nc3ccc(Cl)cc3s2)no1. The molecule has 0 spiro atoms. The van der Waals surface area contributed by atoms with Gasteiger partial charge >= 0.3 is 0 Å². The molecule has 3 aromatic rings. The second-order valence-corrected chi connectivity index (χ2v) is 8.24. The Morgan fingerprint density at radius 1 is 1.35 bits per heavy atom. The van der Waals surface area contributed by atoms with Crippen LogP contribution < -0.4 is 10.6 Å². The van der Waals surface area contributed by atoms with E-state index in [4.69, 9.17) is 16.1 Å². The number of nitrogens with one attached hydrogen (secondary N) is 2. The summed E-state index contributed by atoms with van der Waals surface area (Å²) >= 11 is 8.52. The molecule has 3 rings (SSSR count). The summed E-state index contributed by atoms with van der Waals surface area (Å²) < 4.78 is 5.79. The molecule has 10 heteroatoms. The molecule has 136 valence electrons. The molecular formula is C16H15ClN4O3S2. The maximum absolute atomic E-state index is 12.1. The predicted molar refractivity (Wildman–Crippen MR) is 105 cm³/mol. The number of thioether (sulfide) groups is 1. The van der Waals surface area contributed by atoms with Crippen LogP contribution in [0.25, 0.3) is 10.2 Å². The van der Waals surface area contributed by atoms with E-state index >= 15 is 0 Å². The summed E-state index contributed by atoms with van der Waals surface area (Å²) in [6, 6.07) is 6.98. The van der Waals surface area contributed by atoms with E-state index in [0.717, 1.165) is 10.2 Å². The molecule has 0 radical (unpaired) electrons. The highest BCUT2D eigenvalue weighted by molar-refractivity contribution is 8.01. The monoisotopic (exact) mass is 410 g/mol. The Balaban J connectivity index is 1.50. The van der Waals surface area contributed by atoms with Gasteiger partial charge in [-0.1, -0.05) is 28.1 Å². The third-order valence-electron chi connectivity index (χ3n) is 3.31. The van der Waals surface area contributed by atoms with Crippen molar-refractivity contribution < 1.29 is 14.1 Å². The Labute approximate surface area is 162 Å². The molecule has 2 aromatic heterocycles. The highest BCUT2D eigenvalue weighted by Gasteiger charge is 2.17. The first-order valence-electron chi connectivity index (χ1n) is 7.62. The van der Waals surface area contributed by atoms with Gasteiger partial charge in [0.2, 0.25) is 11.8 Å². The first-order valence-corrected chi connectivity index (χ1v) is 9.87. The summed E-state index contributed by atoms with van der Waals surface area (Å²) in [5.41, 5.74) is 0.776. The van der Waals surface area contributed by atoms with Gasteiger partial charge in [0.05, 0.1) is 21.2 Å². The molecule has 2 N–H and O–H groups in total. The minimum absolute atomic E-state index is 0.128. The van der Waals surface area contributed by atoms with Crippen molar-refractivity contribution in [1.29, 1.82) is 0 Å². The highest BCUT2D eigenvalue weighted by Crippen LogP contribution is 2.28. The van der Waals surface area contributed by atoms with Gasteiger partial charge in [0, 0.05) is 11.1 Å². The van der Waals surface area contributed by atoms with Crippen molar-refractivity contribution in [3.63, 3.8) is 0 Å². The van der Waals surface area contributed by atoms with Crippen LogP contribution in [0.4, 0.5) is 10.9 Å². The van der Waals surface area contributed by atoms with Crippen LogP contribution in [0.3, 0.4) is 0 Å². The summed E-state index contributed by atoms with van der Waals surface area (Å²) in [6.45, 7) is 3.46. The van der Waals surface area contributed by atoms with Crippen molar-refractivity contribution in [2.75, 3.05) is 16.4 Å². The molecule has 26 heavy (non-hydrogen) atoms. The molecule has 0 bridgehead atoms. The van der Waals surface area contributed by atoms with Crippen molar-refractivity contribution in [2.45, 2.75) is 19.1 Å². The molecule has 1 atom stereocenters. The molecule has 0 saturated carbocycles. The van der Waals surface area contributed by atoms with Gasteiger partial charge < -0.3 is 15.2 Å². The normalized spacial score (nSPS) is 12.1. The Hall–Kier alpha value is -2.10. The first-order chi connectivity index (χ1) is 12.4. The van der Waals surface area contributed by atoms with E-state index in [0.29, 0.717) is 21.7 Å². The minimum atomic E-state index is -0.424. The zero-order chi connectivity index (χ0) is 18.7. The number of carbonyl (C=O) groups is 2. The lowest BCUT2D eigenvalue weighted by Gasteiger charge is -2.09. The second-order valence-electron chi connectivity index (χ2n) is 5.44. The van der Waals surface area contributed by atoms with E-state index in [1.807, 2.05) is 0 Å². The zero-order valence-electron chi connectivity index (χ0n) is 13.9. The van der Waals surface area contributed by atoms with Crippen LogP contribution in [-0.2, 0) is 9.59 Å². The molecule has 1 aromatic carbocycles. The number of fused-ring (bicyclic) bond motifs is 1. The highest BCUT2D eigenvalue weighted by atomic mass is 35.5. The largest absolute Gasteiger partial charge is 0.360 e. The van der Waals surface area contributed by atoms with Crippen molar-refractivity contribution in [1.82, 2.24) is 10.1 Å². The van der Waals surface area contributed by atoms with Gasteiger partial charge in [-0.25, -0.2) is 4.98 Å². The van der Waals surface area contributed by atoms with Gasteiger partial charge in [0.1, 0.15) is 5.76 Å².